The SMILES string of the molecule is CCCCNC(=O)C1CCN(CCOc2cccc(C#N)c2)CC1. The fraction of sp³-hybridized carbons (Fsp3) is 0.579. The fourth-order valence-electron chi connectivity index (χ4n) is 2.90. The predicted octanol–water partition coefficient (Wildman–Crippen LogP) is 2.57. The Kier molecular flexibility index (Phi) is 7.57. The lowest BCUT2D eigenvalue weighted by molar-refractivity contribution is -0.126. The van der Waals surface area contributed by atoms with Crippen LogP contribution in [0.3, 0.4) is 0 Å². The van der Waals surface area contributed by atoms with E-state index in [9.17, 15) is 4.79 Å². The van der Waals surface area contributed by atoms with E-state index in [4.69, 9.17) is 10.00 Å². The number of amides is 1. The lowest BCUT2D eigenvalue weighted by Crippen LogP contribution is -2.42. The lowest BCUT2D eigenvalue weighted by Gasteiger charge is -2.31. The molecule has 0 bridgehead atoms. The molecule has 0 spiro atoms. The summed E-state index contributed by atoms with van der Waals surface area (Å²) in [5.41, 5.74) is 0.613. The Hall–Kier alpha value is -2.06. The van der Waals surface area contributed by atoms with Crippen LogP contribution in [0.1, 0.15) is 38.2 Å². The number of ether oxygens (including phenoxy) is 1. The monoisotopic (exact) mass is 329 g/mol. The molecule has 0 saturated carbocycles. The van der Waals surface area contributed by atoms with Gasteiger partial charge in [-0.3, -0.25) is 9.69 Å². The Morgan fingerprint density at radius 3 is 2.92 bits per heavy atom. The van der Waals surface area contributed by atoms with E-state index in [2.05, 4.69) is 23.2 Å². The Morgan fingerprint density at radius 1 is 1.42 bits per heavy atom. The Labute approximate surface area is 144 Å². The highest BCUT2D eigenvalue weighted by Crippen LogP contribution is 2.17. The molecule has 1 amide bonds. The summed E-state index contributed by atoms with van der Waals surface area (Å²) in [6, 6.07) is 9.33. The summed E-state index contributed by atoms with van der Waals surface area (Å²) in [7, 11) is 0. The predicted molar refractivity (Wildman–Crippen MR) is 93.7 cm³/mol. The van der Waals surface area contributed by atoms with Crippen molar-refractivity contribution in [3.63, 3.8) is 0 Å². The summed E-state index contributed by atoms with van der Waals surface area (Å²) in [4.78, 5) is 14.4. The van der Waals surface area contributed by atoms with E-state index >= 15 is 0 Å². The minimum absolute atomic E-state index is 0.159. The second-order valence-corrected chi connectivity index (χ2v) is 6.25. The molecule has 0 radical (unpaired) electrons. The summed E-state index contributed by atoms with van der Waals surface area (Å²) in [5.74, 6) is 1.11. The number of nitrogens with zero attached hydrogens (tertiary/aromatic N) is 2. The van der Waals surface area contributed by atoms with E-state index in [1.807, 2.05) is 12.1 Å². The molecule has 1 fully saturated rings. The molecule has 0 aliphatic carbocycles. The molecule has 1 N–H and O–H groups in total. The van der Waals surface area contributed by atoms with Gasteiger partial charge in [0.2, 0.25) is 5.91 Å². The van der Waals surface area contributed by atoms with Crippen LogP contribution >= 0.6 is 0 Å². The summed E-state index contributed by atoms with van der Waals surface area (Å²) in [6.45, 7) is 6.25. The smallest absolute Gasteiger partial charge is 0.223 e. The van der Waals surface area contributed by atoms with E-state index in [1.165, 1.54) is 0 Å². The third-order valence-electron chi connectivity index (χ3n) is 4.43. The van der Waals surface area contributed by atoms with Gasteiger partial charge in [-0.2, -0.15) is 5.26 Å². The highest BCUT2D eigenvalue weighted by molar-refractivity contribution is 5.78. The Morgan fingerprint density at radius 2 is 2.21 bits per heavy atom. The van der Waals surface area contributed by atoms with Gasteiger partial charge >= 0.3 is 0 Å². The first-order chi connectivity index (χ1) is 11.7. The van der Waals surface area contributed by atoms with Gasteiger partial charge in [-0.25, -0.2) is 0 Å². The van der Waals surface area contributed by atoms with Crippen molar-refractivity contribution >= 4 is 5.91 Å². The second kappa shape index (κ2) is 9.94. The minimum atomic E-state index is 0.159. The van der Waals surface area contributed by atoms with Crippen LogP contribution in [0.4, 0.5) is 0 Å². The lowest BCUT2D eigenvalue weighted by atomic mass is 9.96. The van der Waals surface area contributed by atoms with Gasteiger partial charge < -0.3 is 10.1 Å². The number of likely N-dealkylation sites (tertiary alicyclic amines) is 1. The number of unbranched alkanes of at least 4 members (excludes halogenated alkanes) is 1. The number of nitriles is 1. The van der Waals surface area contributed by atoms with Crippen LogP contribution in [0.2, 0.25) is 0 Å². The Bertz CT molecular complexity index is 560. The van der Waals surface area contributed by atoms with Crippen molar-refractivity contribution in [1.29, 1.82) is 5.26 Å². The second-order valence-electron chi connectivity index (χ2n) is 6.25. The zero-order valence-electron chi connectivity index (χ0n) is 14.5. The summed E-state index contributed by atoms with van der Waals surface area (Å²) >= 11 is 0. The molecule has 1 aromatic rings. The van der Waals surface area contributed by atoms with Crippen LogP contribution in [0.5, 0.6) is 5.75 Å². The van der Waals surface area contributed by atoms with Gasteiger partial charge in [-0.05, 0) is 50.6 Å². The molecular formula is C19H27N3O2. The van der Waals surface area contributed by atoms with Gasteiger partial charge in [-0.1, -0.05) is 19.4 Å². The minimum Gasteiger partial charge on any atom is -0.492 e. The number of hydrogen-bond acceptors (Lipinski definition) is 4. The van der Waals surface area contributed by atoms with Crippen LogP contribution in [0.15, 0.2) is 24.3 Å². The molecule has 5 heteroatoms. The third-order valence-corrected chi connectivity index (χ3v) is 4.43. The van der Waals surface area contributed by atoms with E-state index in [0.717, 1.165) is 57.6 Å². The van der Waals surface area contributed by atoms with Gasteiger partial charge in [0.1, 0.15) is 12.4 Å². The highest BCUT2D eigenvalue weighted by Gasteiger charge is 2.24. The van der Waals surface area contributed by atoms with Gasteiger partial charge in [0.15, 0.2) is 0 Å². The average molecular weight is 329 g/mol. The van der Waals surface area contributed by atoms with Gasteiger partial charge in [0.05, 0.1) is 11.6 Å². The molecule has 1 aromatic carbocycles. The van der Waals surface area contributed by atoms with E-state index in [1.54, 1.807) is 12.1 Å². The molecule has 1 saturated heterocycles. The normalized spacial score (nSPS) is 15.7. The highest BCUT2D eigenvalue weighted by atomic mass is 16.5. The molecule has 0 unspecified atom stereocenters. The maximum atomic E-state index is 12.1. The standard InChI is InChI=1S/C19H27N3O2/c1-2-3-9-21-19(23)17-7-10-22(11-8-17)12-13-24-18-6-4-5-16(14-18)15-20/h4-6,14,17H,2-3,7-13H2,1H3,(H,21,23). The first kappa shape index (κ1) is 18.3. The zero-order valence-corrected chi connectivity index (χ0v) is 14.5. The number of carbonyl (C=O) groups excluding carboxylic acids is 1. The van der Waals surface area contributed by atoms with E-state index in [0.29, 0.717) is 12.2 Å². The van der Waals surface area contributed by atoms with Crippen molar-refractivity contribution < 1.29 is 9.53 Å². The number of carbonyl (C=O) groups is 1. The number of benzene rings is 1. The molecule has 130 valence electrons. The van der Waals surface area contributed by atoms with Crippen LogP contribution in [0.25, 0.3) is 0 Å². The molecule has 5 nitrogen and oxygen atoms in total. The molecule has 0 atom stereocenters. The molecular weight excluding hydrogens is 302 g/mol. The van der Waals surface area contributed by atoms with Crippen molar-refractivity contribution in [1.82, 2.24) is 10.2 Å². The van der Waals surface area contributed by atoms with Crippen molar-refractivity contribution in [2.24, 2.45) is 5.92 Å². The third kappa shape index (κ3) is 5.86. The van der Waals surface area contributed by atoms with Crippen molar-refractivity contribution in [2.45, 2.75) is 32.6 Å². The first-order valence-electron chi connectivity index (χ1n) is 8.86. The van der Waals surface area contributed by atoms with Gasteiger partial charge in [0.25, 0.3) is 0 Å². The fourth-order valence-corrected chi connectivity index (χ4v) is 2.90. The van der Waals surface area contributed by atoms with Crippen LogP contribution in [-0.2, 0) is 4.79 Å². The number of nitrogens with one attached hydrogen (secondary N) is 1. The quantitative estimate of drug-likeness (QED) is 0.745. The van der Waals surface area contributed by atoms with Gasteiger partial charge in [-0.15, -0.1) is 0 Å². The maximum Gasteiger partial charge on any atom is 0.223 e. The number of piperidine rings is 1. The largest absolute Gasteiger partial charge is 0.492 e. The molecule has 2 rings (SSSR count). The van der Waals surface area contributed by atoms with Crippen LogP contribution in [-0.4, -0.2) is 43.6 Å². The molecule has 1 aliphatic heterocycles. The van der Waals surface area contributed by atoms with Crippen molar-refractivity contribution in [2.75, 3.05) is 32.8 Å². The Balaban J connectivity index is 1.64. The maximum absolute atomic E-state index is 12.1. The topological polar surface area (TPSA) is 65.4 Å². The first-order valence-corrected chi connectivity index (χ1v) is 8.86. The van der Waals surface area contributed by atoms with Crippen molar-refractivity contribution in [3.05, 3.63) is 29.8 Å². The van der Waals surface area contributed by atoms with Crippen molar-refractivity contribution in [3.8, 4) is 11.8 Å². The summed E-state index contributed by atoms with van der Waals surface area (Å²) in [5, 5.41) is 11.9. The molecule has 24 heavy (non-hydrogen) atoms. The van der Waals surface area contributed by atoms with Crippen LogP contribution < -0.4 is 10.1 Å². The number of rotatable bonds is 8. The van der Waals surface area contributed by atoms with E-state index in [-0.39, 0.29) is 11.8 Å². The van der Waals surface area contributed by atoms with Crippen LogP contribution in [0, 0.1) is 17.2 Å². The summed E-state index contributed by atoms with van der Waals surface area (Å²) in [6.07, 6.45) is 3.99. The molecule has 1 aliphatic rings. The number of hydrogen-bond donors (Lipinski definition) is 1. The van der Waals surface area contributed by atoms with Gasteiger partial charge in [0, 0.05) is 19.0 Å². The average Bonchev–Trinajstić information content (AvgIpc) is 2.62. The molecule has 0 aromatic heterocycles. The summed E-state index contributed by atoms with van der Waals surface area (Å²) < 4.78 is 5.72. The molecule has 1 heterocycles. The zero-order chi connectivity index (χ0) is 17.2. The van der Waals surface area contributed by atoms with E-state index < -0.39 is 0 Å².